The minimum Gasteiger partial charge on any atom is -0.329 e. The van der Waals surface area contributed by atoms with Crippen LogP contribution in [0.4, 0.5) is 0 Å². The first-order valence-electron chi connectivity index (χ1n) is 7.58. The van der Waals surface area contributed by atoms with Gasteiger partial charge in [-0.1, -0.05) is 37.6 Å². The Morgan fingerprint density at radius 3 is 2.70 bits per heavy atom. The van der Waals surface area contributed by atoms with Gasteiger partial charge in [-0.2, -0.15) is 11.8 Å². The largest absolute Gasteiger partial charge is 0.329 e. The lowest BCUT2D eigenvalue weighted by molar-refractivity contribution is 0.210. The van der Waals surface area contributed by atoms with E-state index in [1.54, 1.807) is 0 Å². The van der Waals surface area contributed by atoms with Crippen LogP contribution in [0.15, 0.2) is 18.2 Å². The van der Waals surface area contributed by atoms with E-state index in [0.29, 0.717) is 17.3 Å². The SMILES string of the molecule is Cc1ccc(C(CN)N2CCSC(C)(C)CC2)c(C)c1. The number of nitrogens with two attached hydrogens (primary N) is 1. The Labute approximate surface area is 128 Å². The van der Waals surface area contributed by atoms with Gasteiger partial charge in [0, 0.05) is 36.2 Å². The molecule has 0 bridgehead atoms. The van der Waals surface area contributed by atoms with Crippen LogP contribution in [-0.2, 0) is 0 Å². The van der Waals surface area contributed by atoms with Gasteiger partial charge in [-0.05, 0) is 31.4 Å². The first kappa shape index (κ1) is 15.9. The fourth-order valence-corrected chi connectivity index (χ4v) is 4.13. The highest BCUT2D eigenvalue weighted by Gasteiger charge is 2.28. The molecular weight excluding hydrogens is 264 g/mol. The molecule has 1 saturated heterocycles. The monoisotopic (exact) mass is 292 g/mol. The van der Waals surface area contributed by atoms with E-state index in [9.17, 15) is 0 Å². The van der Waals surface area contributed by atoms with Crippen molar-refractivity contribution in [2.75, 3.05) is 25.4 Å². The molecule has 3 heteroatoms. The van der Waals surface area contributed by atoms with Crippen LogP contribution < -0.4 is 5.73 Å². The zero-order valence-electron chi connectivity index (χ0n) is 13.3. The van der Waals surface area contributed by atoms with Crippen LogP contribution in [0.1, 0.15) is 43.0 Å². The molecule has 1 unspecified atom stereocenters. The van der Waals surface area contributed by atoms with Gasteiger partial charge in [-0.3, -0.25) is 4.90 Å². The highest BCUT2D eigenvalue weighted by atomic mass is 32.2. The number of rotatable bonds is 3. The van der Waals surface area contributed by atoms with E-state index < -0.39 is 0 Å². The van der Waals surface area contributed by atoms with Crippen molar-refractivity contribution >= 4 is 11.8 Å². The third kappa shape index (κ3) is 3.78. The van der Waals surface area contributed by atoms with E-state index >= 15 is 0 Å². The van der Waals surface area contributed by atoms with Crippen LogP contribution in [0.25, 0.3) is 0 Å². The number of hydrogen-bond donors (Lipinski definition) is 1. The van der Waals surface area contributed by atoms with Crippen LogP contribution in [0.2, 0.25) is 0 Å². The summed E-state index contributed by atoms with van der Waals surface area (Å²) in [5.41, 5.74) is 10.2. The van der Waals surface area contributed by atoms with Gasteiger partial charge < -0.3 is 5.73 Å². The molecule has 112 valence electrons. The number of aryl methyl sites for hydroxylation is 2. The van der Waals surface area contributed by atoms with Crippen molar-refractivity contribution < 1.29 is 0 Å². The highest BCUT2D eigenvalue weighted by molar-refractivity contribution is 8.00. The number of hydrogen-bond acceptors (Lipinski definition) is 3. The van der Waals surface area contributed by atoms with Gasteiger partial charge in [0.1, 0.15) is 0 Å². The average Bonchev–Trinajstić information content (AvgIpc) is 2.54. The smallest absolute Gasteiger partial charge is 0.0473 e. The maximum absolute atomic E-state index is 6.11. The Morgan fingerprint density at radius 1 is 1.30 bits per heavy atom. The Morgan fingerprint density at radius 2 is 2.05 bits per heavy atom. The van der Waals surface area contributed by atoms with Crippen molar-refractivity contribution in [3.63, 3.8) is 0 Å². The van der Waals surface area contributed by atoms with Crippen molar-refractivity contribution in [1.82, 2.24) is 4.90 Å². The van der Waals surface area contributed by atoms with Crippen LogP contribution in [0, 0.1) is 13.8 Å². The molecule has 1 aliphatic heterocycles. The molecule has 1 heterocycles. The Balaban J connectivity index is 2.19. The van der Waals surface area contributed by atoms with E-state index in [1.807, 2.05) is 0 Å². The van der Waals surface area contributed by atoms with E-state index in [2.05, 4.69) is 62.6 Å². The predicted octanol–water partition coefficient (Wildman–Crippen LogP) is 3.52. The average molecular weight is 292 g/mol. The van der Waals surface area contributed by atoms with E-state index in [-0.39, 0.29) is 0 Å². The maximum atomic E-state index is 6.11. The van der Waals surface area contributed by atoms with Gasteiger partial charge in [0.2, 0.25) is 0 Å². The second-order valence-corrected chi connectivity index (χ2v) is 8.31. The predicted molar refractivity (Wildman–Crippen MR) is 90.4 cm³/mol. The summed E-state index contributed by atoms with van der Waals surface area (Å²) in [7, 11) is 0. The first-order chi connectivity index (χ1) is 9.43. The molecule has 1 aliphatic rings. The lowest BCUT2D eigenvalue weighted by Crippen LogP contribution is -2.36. The van der Waals surface area contributed by atoms with E-state index in [0.717, 1.165) is 13.1 Å². The minimum absolute atomic E-state index is 0.366. The maximum Gasteiger partial charge on any atom is 0.0473 e. The fraction of sp³-hybridized carbons (Fsp3) is 0.647. The van der Waals surface area contributed by atoms with Crippen LogP contribution >= 0.6 is 11.8 Å². The molecule has 0 amide bonds. The quantitative estimate of drug-likeness (QED) is 0.924. The van der Waals surface area contributed by atoms with E-state index in [1.165, 1.54) is 28.9 Å². The minimum atomic E-state index is 0.366. The molecule has 0 spiro atoms. The van der Waals surface area contributed by atoms with Crippen molar-refractivity contribution in [2.24, 2.45) is 5.73 Å². The van der Waals surface area contributed by atoms with Crippen LogP contribution in [-0.4, -0.2) is 35.0 Å². The van der Waals surface area contributed by atoms with Gasteiger partial charge >= 0.3 is 0 Å². The van der Waals surface area contributed by atoms with Crippen molar-refractivity contribution in [2.45, 2.75) is 44.9 Å². The Bertz CT molecular complexity index is 456. The molecule has 2 rings (SSSR count). The summed E-state index contributed by atoms with van der Waals surface area (Å²) >= 11 is 2.09. The molecule has 0 radical (unpaired) electrons. The summed E-state index contributed by atoms with van der Waals surface area (Å²) in [4.78, 5) is 2.58. The van der Waals surface area contributed by atoms with Crippen molar-refractivity contribution in [3.8, 4) is 0 Å². The Kier molecular flexibility index (Phi) is 5.16. The van der Waals surface area contributed by atoms with Gasteiger partial charge in [0.05, 0.1) is 0 Å². The molecule has 0 saturated carbocycles. The Hall–Kier alpha value is -0.510. The fourth-order valence-electron chi connectivity index (χ4n) is 3.02. The first-order valence-corrected chi connectivity index (χ1v) is 8.57. The summed E-state index contributed by atoms with van der Waals surface area (Å²) in [6.07, 6.45) is 1.24. The van der Waals surface area contributed by atoms with Crippen LogP contribution in [0.3, 0.4) is 0 Å². The standard InChI is InChI=1S/C17H28N2S/c1-13-5-6-15(14(2)11-13)16(12-18)19-8-7-17(3,4)20-10-9-19/h5-6,11,16H,7-10,12,18H2,1-4H3. The lowest BCUT2D eigenvalue weighted by atomic mass is 9.97. The molecule has 1 fully saturated rings. The zero-order valence-corrected chi connectivity index (χ0v) is 14.1. The van der Waals surface area contributed by atoms with Gasteiger partial charge in [0.25, 0.3) is 0 Å². The molecule has 1 atom stereocenters. The summed E-state index contributed by atoms with van der Waals surface area (Å²) in [5.74, 6) is 1.20. The molecule has 0 aromatic heterocycles. The van der Waals surface area contributed by atoms with Gasteiger partial charge in [-0.25, -0.2) is 0 Å². The summed E-state index contributed by atoms with van der Waals surface area (Å²) in [6.45, 7) is 12.1. The number of thioether (sulfide) groups is 1. The second kappa shape index (κ2) is 6.50. The lowest BCUT2D eigenvalue weighted by Gasteiger charge is -2.31. The normalized spacial score (nSPS) is 21.4. The topological polar surface area (TPSA) is 29.3 Å². The van der Waals surface area contributed by atoms with Crippen molar-refractivity contribution in [1.29, 1.82) is 0 Å². The second-order valence-electron chi connectivity index (χ2n) is 6.51. The highest BCUT2D eigenvalue weighted by Crippen LogP contribution is 2.34. The van der Waals surface area contributed by atoms with Gasteiger partial charge in [-0.15, -0.1) is 0 Å². The summed E-state index contributed by atoms with van der Waals surface area (Å²) < 4.78 is 0.399. The van der Waals surface area contributed by atoms with Crippen molar-refractivity contribution in [3.05, 3.63) is 34.9 Å². The molecular formula is C17H28N2S. The van der Waals surface area contributed by atoms with E-state index in [4.69, 9.17) is 5.73 Å². The molecule has 20 heavy (non-hydrogen) atoms. The zero-order chi connectivity index (χ0) is 14.8. The molecule has 1 aromatic rings. The summed E-state index contributed by atoms with van der Waals surface area (Å²) in [5, 5.41) is 0. The molecule has 2 N–H and O–H groups in total. The number of nitrogens with zero attached hydrogens (tertiary/aromatic N) is 1. The van der Waals surface area contributed by atoms with Crippen LogP contribution in [0.5, 0.6) is 0 Å². The molecule has 2 nitrogen and oxygen atoms in total. The number of benzene rings is 1. The third-order valence-electron chi connectivity index (χ3n) is 4.32. The molecule has 1 aromatic carbocycles. The summed E-state index contributed by atoms with van der Waals surface area (Å²) in [6, 6.07) is 7.12. The third-order valence-corrected chi connectivity index (χ3v) is 5.69. The van der Waals surface area contributed by atoms with Gasteiger partial charge in [0.15, 0.2) is 0 Å². The molecule has 0 aliphatic carbocycles.